The Morgan fingerprint density at radius 2 is 2.15 bits per heavy atom. The van der Waals surface area contributed by atoms with Crippen molar-refractivity contribution in [3.8, 4) is 0 Å². The zero-order valence-corrected chi connectivity index (χ0v) is 14.4. The van der Waals surface area contributed by atoms with Gasteiger partial charge < -0.3 is 9.64 Å². The summed E-state index contributed by atoms with van der Waals surface area (Å²) in [6.07, 6.45) is 6.63. The van der Waals surface area contributed by atoms with E-state index in [0.29, 0.717) is 25.3 Å². The number of hydrogen-bond donors (Lipinski definition) is 0. The Hall–Kier alpha value is -2.86. The minimum absolute atomic E-state index is 0.0126. The molecule has 132 valence electrons. The summed E-state index contributed by atoms with van der Waals surface area (Å²) in [7, 11) is 0. The van der Waals surface area contributed by atoms with Crippen LogP contribution in [0.15, 0.2) is 55.1 Å². The maximum atomic E-state index is 12.9. The summed E-state index contributed by atoms with van der Waals surface area (Å²) in [5.41, 5.74) is 2.51. The Bertz CT molecular complexity index is 900. The molecule has 1 atom stereocenters. The summed E-state index contributed by atoms with van der Waals surface area (Å²) in [4.78, 5) is 27.3. The molecule has 6 nitrogen and oxygen atoms in total. The Kier molecular flexibility index (Phi) is 4.84. The second-order valence-corrected chi connectivity index (χ2v) is 6.40. The molecular formula is C20H20N4O2. The van der Waals surface area contributed by atoms with E-state index >= 15 is 0 Å². The minimum Gasteiger partial charge on any atom is -0.375 e. The number of morpholine rings is 1. The average Bonchev–Trinajstić information content (AvgIpc) is 2.72. The van der Waals surface area contributed by atoms with Gasteiger partial charge in [0.15, 0.2) is 0 Å². The maximum absolute atomic E-state index is 12.9. The van der Waals surface area contributed by atoms with Gasteiger partial charge in [-0.2, -0.15) is 0 Å². The number of nitrogens with zero attached hydrogens (tertiary/aromatic N) is 4. The van der Waals surface area contributed by atoms with Crippen molar-refractivity contribution in [3.05, 3.63) is 66.4 Å². The fourth-order valence-corrected chi connectivity index (χ4v) is 3.22. The van der Waals surface area contributed by atoms with E-state index in [-0.39, 0.29) is 12.0 Å². The number of fused-ring (bicyclic) bond motifs is 1. The lowest BCUT2D eigenvalue weighted by Gasteiger charge is -2.33. The van der Waals surface area contributed by atoms with Gasteiger partial charge in [-0.3, -0.25) is 9.78 Å². The molecule has 1 saturated heterocycles. The van der Waals surface area contributed by atoms with Crippen LogP contribution in [0, 0.1) is 0 Å². The van der Waals surface area contributed by atoms with Crippen molar-refractivity contribution >= 4 is 16.8 Å². The highest BCUT2D eigenvalue weighted by Crippen LogP contribution is 2.17. The number of hydrogen-bond acceptors (Lipinski definition) is 5. The number of aryl methyl sites for hydroxylation is 1. The van der Waals surface area contributed by atoms with Crippen LogP contribution in [0.3, 0.4) is 0 Å². The molecular weight excluding hydrogens is 328 g/mol. The molecule has 1 aliphatic heterocycles. The molecule has 0 aliphatic carbocycles. The summed E-state index contributed by atoms with van der Waals surface area (Å²) in [5, 5.41) is 0.979. The van der Waals surface area contributed by atoms with E-state index in [2.05, 4.69) is 15.0 Å². The highest BCUT2D eigenvalue weighted by molar-refractivity contribution is 5.97. The van der Waals surface area contributed by atoms with Crippen molar-refractivity contribution in [2.24, 2.45) is 0 Å². The van der Waals surface area contributed by atoms with Crippen LogP contribution in [0.4, 0.5) is 0 Å². The van der Waals surface area contributed by atoms with Crippen LogP contribution in [0.25, 0.3) is 10.9 Å². The van der Waals surface area contributed by atoms with E-state index in [4.69, 9.17) is 4.74 Å². The van der Waals surface area contributed by atoms with Crippen LogP contribution in [-0.2, 0) is 11.2 Å². The first-order valence-corrected chi connectivity index (χ1v) is 8.80. The SMILES string of the molecule is O=C(c1cnc2ccccc2c1)N1CCO[C@H](CCc2ccncn2)C1. The van der Waals surface area contributed by atoms with Crippen molar-refractivity contribution < 1.29 is 9.53 Å². The van der Waals surface area contributed by atoms with Crippen molar-refractivity contribution in [1.29, 1.82) is 0 Å². The predicted octanol–water partition coefficient (Wildman–Crippen LogP) is 2.50. The first kappa shape index (κ1) is 16.6. The van der Waals surface area contributed by atoms with E-state index in [1.807, 2.05) is 41.3 Å². The van der Waals surface area contributed by atoms with E-state index in [9.17, 15) is 4.79 Å². The van der Waals surface area contributed by atoms with Crippen LogP contribution < -0.4 is 0 Å². The third-order valence-corrected chi connectivity index (χ3v) is 4.63. The second kappa shape index (κ2) is 7.58. The number of aromatic nitrogens is 3. The van der Waals surface area contributed by atoms with E-state index in [1.165, 1.54) is 0 Å². The molecule has 1 amide bonds. The zero-order chi connectivity index (χ0) is 17.8. The van der Waals surface area contributed by atoms with Gasteiger partial charge in [-0.05, 0) is 31.0 Å². The maximum Gasteiger partial charge on any atom is 0.255 e. The molecule has 0 unspecified atom stereocenters. The van der Waals surface area contributed by atoms with Gasteiger partial charge in [0.2, 0.25) is 0 Å². The van der Waals surface area contributed by atoms with Crippen molar-refractivity contribution in [3.63, 3.8) is 0 Å². The Morgan fingerprint density at radius 3 is 3.04 bits per heavy atom. The monoisotopic (exact) mass is 348 g/mol. The van der Waals surface area contributed by atoms with Crippen LogP contribution >= 0.6 is 0 Å². The topological polar surface area (TPSA) is 68.2 Å². The number of carbonyl (C=O) groups is 1. The molecule has 3 heterocycles. The van der Waals surface area contributed by atoms with Gasteiger partial charge in [0.1, 0.15) is 6.33 Å². The number of amides is 1. The number of ether oxygens (including phenoxy) is 1. The molecule has 6 heteroatoms. The highest BCUT2D eigenvalue weighted by Gasteiger charge is 2.25. The van der Waals surface area contributed by atoms with Crippen LogP contribution in [0.1, 0.15) is 22.5 Å². The smallest absolute Gasteiger partial charge is 0.255 e. The van der Waals surface area contributed by atoms with Gasteiger partial charge in [0.05, 0.1) is 23.8 Å². The van der Waals surface area contributed by atoms with E-state index < -0.39 is 0 Å². The number of rotatable bonds is 4. The van der Waals surface area contributed by atoms with Gasteiger partial charge in [-0.15, -0.1) is 0 Å². The van der Waals surface area contributed by atoms with E-state index in [1.54, 1.807) is 18.7 Å². The molecule has 1 aliphatic rings. The Labute approximate surface area is 151 Å². The summed E-state index contributed by atoms with van der Waals surface area (Å²) in [6, 6.07) is 11.6. The van der Waals surface area contributed by atoms with Gasteiger partial charge >= 0.3 is 0 Å². The number of pyridine rings is 1. The third-order valence-electron chi connectivity index (χ3n) is 4.63. The normalized spacial score (nSPS) is 17.4. The van der Waals surface area contributed by atoms with Gasteiger partial charge in [-0.25, -0.2) is 9.97 Å². The van der Waals surface area contributed by atoms with Crippen molar-refractivity contribution in [2.75, 3.05) is 19.7 Å². The van der Waals surface area contributed by atoms with Crippen molar-refractivity contribution in [2.45, 2.75) is 18.9 Å². The van der Waals surface area contributed by atoms with Crippen LogP contribution in [-0.4, -0.2) is 51.6 Å². The molecule has 1 fully saturated rings. The molecule has 4 rings (SSSR count). The summed E-state index contributed by atoms with van der Waals surface area (Å²) >= 11 is 0. The Balaban J connectivity index is 1.42. The molecule has 0 N–H and O–H groups in total. The van der Waals surface area contributed by atoms with Crippen molar-refractivity contribution in [1.82, 2.24) is 19.9 Å². The summed E-state index contributed by atoms with van der Waals surface area (Å²) in [6.45, 7) is 1.76. The number of benzene rings is 1. The largest absolute Gasteiger partial charge is 0.375 e. The predicted molar refractivity (Wildman–Crippen MR) is 97.7 cm³/mol. The summed E-state index contributed by atoms with van der Waals surface area (Å²) < 4.78 is 5.83. The Morgan fingerprint density at radius 1 is 1.23 bits per heavy atom. The molecule has 1 aromatic carbocycles. The lowest BCUT2D eigenvalue weighted by atomic mass is 10.1. The molecule has 0 saturated carbocycles. The van der Waals surface area contributed by atoms with E-state index in [0.717, 1.165) is 29.4 Å². The number of carbonyl (C=O) groups excluding carboxylic acids is 1. The highest BCUT2D eigenvalue weighted by atomic mass is 16.5. The van der Waals surface area contributed by atoms with Gasteiger partial charge in [0.25, 0.3) is 5.91 Å². The standard InChI is InChI=1S/C20H20N4O2/c25-20(16-11-15-3-1-2-4-19(15)22-12-16)24-9-10-26-18(13-24)6-5-17-7-8-21-14-23-17/h1-4,7-8,11-12,14,18H,5-6,9-10,13H2/t18-/m1/s1. The average molecular weight is 348 g/mol. The molecule has 0 radical (unpaired) electrons. The van der Waals surface area contributed by atoms with Gasteiger partial charge in [0, 0.05) is 36.6 Å². The second-order valence-electron chi connectivity index (χ2n) is 6.40. The molecule has 0 bridgehead atoms. The first-order valence-electron chi connectivity index (χ1n) is 8.80. The fraction of sp³-hybridized carbons (Fsp3) is 0.300. The minimum atomic E-state index is 0.0126. The first-order chi connectivity index (χ1) is 12.8. The summed E-state index contributed by atoms with van der Waals surface area (Å²) in [5.74, 6) is 0.0126. The van der Waals surface area contributed by atoms with Crippen LogP contribution in [0.5, 0.6) is 0 Å². The fourth-order valence-electron chi connectivity index (χ4n) is 3.22. The molecule has 0 spiro atoms. The quantitative estimate of drug-likeness (QED) is 0.725. The number of para-hydroxylation sites is 1. The van der Waals surface area contributed by atoms with Gasteiger partial charge in [-0.1, -0.05) is 18.2 Å². The lowest BCUT2D eigenvalue weighted by molar-refractivity contribution is -0.0247. The molecule has 26 heavy (non-hydrogen) atoms. The lowest BCUT2D eigenvalue weighted by Crippen LogP contribution is -2.45. The zero-order valence-electron chi connectivity index (χ0n) is 14.4. The molecule has 3 aromatic rings. The molecule has 2 aromatic heterocycles. The third kappa shape index (κ3) is 3.70. The van der Waals surface area contributed by atoms with Crippen LogP contribution in [0.2, 0.25) is 0 Å².